The van der Waals surface area contributed by atoms with Crippen molar-refractivity contribution in [2.24, 2.45) is 5.92 Å². The first-order chi connectivity index (χ1) is 18.0. The number of allylic oxidation sites excluding steroid dienone is 2. The zero-order valence-electron chi connectivity index (χ0n) is 21.5. The summed E-state index contributed by atoms with van der Waals surface area (Å²) in [6.45, 7) is 3.29. The minimum Gasteiger partial charge on any atom is -0.497 e. The van der Waals surface area contributed by atoms with Crippen LogP contribution in [0.25, 0.3) is 11.1 Å². The Hall–Kier alpha value is -3.00. The Morgan fingerprint density at radius 2 is 1.68 bits per heavy atom. The van der Waals surface area contributed by atoms with Gasteiger partial charge in [-0.15, -0.1) is 0 Å². The second kappa shape index (κ2) is 13.5. The van der Waals surface area contributed by atoms with Gasteiger partial charge in [0.15, 0.2) is 5.78 Å². The fourth-order valence-corrected chi connectivity index (χ4v) is 5.28. The molecule has 1 aliphatic heterocycles. The average molecular weight is 508 g/mol. The van der Waals surface area contributed by atoms with Crippen molar-refractivity contribution in [3.63, 3.8) is 0 Å². The molecule has 0 unspecified atom stereocenters. The molecule has 7 heteroatoms. The number of Topliss-reactive ketones (excluding diaryl/α,β-unsaturated/α-hetero) is 1. The molecule has 3 atom stereocenters. The van der Waals surface area contributed by atoms with Crippen molar-refractivity contribution in [3.8, 4) is 16.9 Å². The van der Waals surface area contributed by atoms with Crippen LogP contribution in [0.3, 0.4) is 0 Å². The molecule has 2 aliphatic rings. The third-order valence-electron chi connectivity index (χ3n) is 7.25. The molecule has 1 heterocycles. The lowest BCUT2D eigenvalue weighted by Gasteiger charge is -2.35. The van der Waals surface area contributed by atoms with Crippen LogP contribution in [-0.2, 0) is 25.7 Å². The highest BCUT2D eigenvalue weighted by Crippen LogP contribution is 2.35. The fourth-order valence-electron chi connectivity index (χ4n) is 5.28. The Kier molecular flexibility index (Phi) is 9.88. The summed E-state index contributed by atoms with van der Waals surface area (Å²) in [6, 6.07) is 16.2. The van der Waals surface area contributed by atoms with Gasteiger partial charge in [-0.3, -0.25) is 14.5 Å². The van der Waals surface area contributed by atoms with E-state index in [-0.39, 0.29) is 30.3 Å². The molecular formula is C30H37NO6. The Morgan fingerprint density at radius 1 is 1.03 bits per heavy atom. The maximum atomic E-state index is 13.1. The van der Waals surface area contributed by atoms with E-state index in [1.165, 1.54) is 0 Å². The van der Waals surface area contributed by atoms with E-state index in [0.717, 1.165) is 48.4 Å². The largest absolute Gasteiger partial charge is 0.497 e. The number of methoxy groups -OCH3 is 1. The van der Waals surface area contributed by atoms with Gasteiger partial charge in [-0.1, -0.05) is 48.6 Å². The number of carboxylic acid groups (broad SMARTS) is 1. The van der Waals surface area contributed by atoms with E-state index in [1.54, 1.807) is 7.11 Å². The third-order valence-corrected chi connectivity index (χ3v) is 7.25. The Labute approximate surface area is 219 Å². The number of rotatable bonds is 12. The summed E-state index contributed by atoms with van der Waals surface area (Å²) in [5.41, 5.74) is 3.33. The molecule has 198 valence electrons. The smallest absolute Gasteiger partial charge is 0.303 e. The van der Waals surface area contributed by atoms with E-state index in [2.05, 4.69) is 29.2 Å². The number of hydrogen-bond donors (Lipinski definition) is 1. The van der Waals surface area contributed by atoms with Gasteiger partial charge in [0.25, 0.3) is 0 Å². The van der Waals surface area contributed by atoms with Crippen LogP contribution in [0.15, 0.2) is 60.7 Å². The van der Waals surface area contributed by atoms with Gasteiger partial charge in [-0.25, -0.2) is 0 Å². The summed E-state index contributed by atoms with van der Waals surface area (Å²) in [5, 5.41) is 8.82. The molecule has 2 aromatic rings. The number of nitrogens with zero attached hydrogens (tertiary/aromatic N) is 1. The van der Waals surface area contributed by atoms with E-state index in [4.69, 9.17) is 19.3 Å². The van der Waals surface area contributed by atoms with Gasteiger partial charge in [0.2, 0.25) is 0 Å². The molecular weight excluding hydrogens is 470 g/mol. The number of ketones is 1. The van der Waals surface area contributed by atoms with Crippen molar-refractivity contribution in [2.75, 3.05) is 33.4 Å². The summed E-state index contributed by atoms with van der Waals surface area (Å²) in [7, 11) is 1.66. The Balaban J connectivity index is 1.38. The molecule has 2 aromatic carbocycles. The van der Waals surface area contributed by atoms with Crippen molar-refractivity contribution >= 4 is 11.8 Å². The molecule has 0 aromatic heterocycles. The SMILES string of the molecule is COc1ccc(-c2ccc(CO[C@H]3CC(=O)[C@H](N4CCOCC4)[C@H]3CCC=CCCC(=O)O)cc2)cc1. The molecule has 7 nitrogen and oxygen atoms in total. The molecule has 0 radical (unpaired) electrons. The van der Waals surface area contributed by atoms with Crippen LogP contribution >= 0.6 is 0 Å². The van der Waals surface area contributed by atoms with Crippen molar-refractivity contribution in [1.29, 1.82) is 0 Å². The van der Waals surface area contributed by atoms with Crippen molar-refractivity contribution < 1.29 is 28.9 Å². The molecule has 4 rings (SSSR count). The van der Waals surface area contributed by atoms with Crippen molar-refractivity contribution in [2.45, 2.75) is 50.9 Å². The van der Waals surface area contributed by atoms with Crippen LogP contribution in [0.2, 0.25) is 0 Å². The first-order valence-electron chi connectivity index (χ1n) is 13.1. The van der Waals surface area contributed by atoms with Crippen LogP contribution in [0.4, 0.5) is 0 Å². The molecule has 1 aliphatic carbocycles. The Bertz CT molecular complexity index is 1040. The quantitative estimate of drug-likeness (QED) is 0.416. The van der Waals surface area contributed by atoms with Crippen LogP contribution in [0.5, 0.6) is 5.75 Å². The topological polar surface area (TPSA) is 85.3 Å². The molecule has 0 spiro atoms. The van der Waals surface area contributed by atoms with E-state index >= 15 is 0 Å². The van der Waals surface area contributed by atoms with Gasteiger partial charge >= 0.3 is 5.97 Å². The summed E-state index contributed by atoms with van der Waals surface area (Å²) in [4.78, 5) is 26.1. The predicted molar refractivity (Wildman–Crippen MR) is 142 cm³/mol. The summed E-state index contributed by atoms with van der Waals surface area (Å²) < 4.78 is 17.1. The van der Waals surface area contributed by atoms with Gasteiger partial charge in [0, 0.05) is 31.8 Å². The molecule has 0 bridgehead atoms. The van der Waals surface area contributed by atoms with Crippen LogP contribution in [0, 0.1) is 5.92 Å². The molecule has 0 amide bonds. The first-order valence-corrected chi connectivity index (χ1v) is 13.1. The van der Waals surface area contributed by atoms with Gasteiger partial charge in [-0.2, -0.15) is 0 Å². The Morgan fingerprint density at radius 3 is 2.32 bits per heavy atom. The molecule has 1 saturated carbocycles. The van der Waals surface area contributed by atoms with E-state index in [0.29, 0.717) is 32.7 Å². The number of carbonyl (C=O) groups is 2. The maximum absolute atomic E-state index is 13.1. The standard InChI is InChI=1S/C30H37NO6/c1-35-25-14-12-24(13-15-25)23-10-8-22(9-11-23)21-37-28-20-27(32)30(31-16-18-36-19-17-31)26(28)6-4-2-3-5-7-29(33)34/h2-3,8-15,26,28,30H,4-7,16-21H2,1H3,(H,33,34)/t26-,28-,30+/m0/s1. The third kappa shape index (κ3) is 7.51. The minimum atomic E-state index is -0.788. The fraction of sp³-hybridized carbons (Fsp3) is 0.467. The number of aliphatic carboxylic acids is 1. The lowest BCUT2D eigenvalue weighted by molar-refractivity contribution is -0.136. The molecule has 2 fully saturated rings. The first kappa shape index (κ1) is 27.0. The van der Waals surface area contributed by atoms with E-state index in [1.807, 2.05) is 36.4 Å². The van der Waals surface area contributed by atoms with Gasteiger partial charge < -0.3 is 19.3 Å². The number of benzene rings is 2. The summed E-state index contributed by atoms with van der Waals surface area (Å²) >= 11 is 0. The molecule has 37 heavy (non-hydrogen) atoms. The highest BCUT2D eigenvalue weighted by Gasteiger charge is 2.45. The number of hydrogen-bond acceptors (Lipinski definition) is 6. The second-order valence-electron chi connectivity index (χ2n) is 9.68. The summed E-state index contributed by atoms with van der Waals surface area (Å²) in [5.74, 6) is 0.402. The van der Waals surface area contributed by atoms with Crippen LogP contribution < -0.4 is 4.74 Å². The van der Waals surface area contributed by atoms with Gasteiger partial charge in [0.1, 0.15) is 5.75 Å². The highest BCUT2D eigenvalue weighted by molar-refractivity contribution is 5.87. The average Bonchev–Trinajstić information content (AvgIpc) is 3.24. The van der Waals surface area contributed by atoms with Gasteiger partial charge in [0.05, 0.1) is 39.1 Å². The lowest BCUT2D eigenvalue weighted by atomic mass is 9.93. The van der Waals surface area contributed by atoms with Gasteiger partial charge in [-0.05, 0) is 48.1 Å². The van der Waals surface area contributed by atoms with E-state index < -0.39 is 5.97 Å². The second-order valence-corrected chi connectivity index (χ2v) is 9.68. The number of carbonyl (C=O) groups excluding carboxylic acids is 1. The van der Waals surface area contributed by atoms with Crippen molar-refractivity contribution in [1.82, 2.24) is 4.90 Å². The minimum absolute atomic E-state index is 0.105. The summed E-state index contributed by atoms with van der Waals surface area (Å²) in [6.07, 6.45) is 6.56. The lowest BCUT2D eigenvalue weighted by Crippen LogP contribution is -2.49. The number of ether oxygens (including phenoxy) is 3. The monoisotopic (exact) mass is 507 g/mol. The number of morpholine rings is 1. The maximum Gasteiger partial charge on any atom is 0.303 e. The normalized spacial score (nSPS) is 22.5. The van der Waals surface area contributed by atoms with Crippen molar-refractivity contribution in [3.05, 3.63) is 66.2 Å². The highest BCUT2D eigenvalue weighted by atomic mass is 16.5. The molecule has 1 saturated heterocycles. The zero-order valence-corrected chi connectivity index (χ0v) is 21.5. The number of carboxylic acids is 1. The van der Waals surface area contributed by atoms with Crippen LogP contribution in [-0.4, -0.2) is 67.3 Å². The molecule has 1 N–H and O–H groups in total. The van der Waals surface area contributed by atoms with E-state index in [9.17, 15) is 9.59 Å². The van der Waals surface area contributed by atoms with Crippen LogP contribution in [0.1, 0.15) is 37.7 Å². The zero-order chi connectivity index (χ0) is 26.0. The predicted octanol–water partition coefficient (Wildman–Crippen LogP) is 4.74.